The maximum atomic E-state index is 12.6. The first-order chi connectivity index (χ1) is 10.3. The van der Waals surface area contributed by atoms with Crippen molar-refractivity contribution in [2.24, 2.45) is 4.99 Å². The fraction of sp³-hybridized carbons (Fsp3) is 0.267. The molecule has 0 spiro atoms. The number of anilines is 2. The average Bonchev–Trinajstić information content (AvgIpc) is 3.22. The lowest BCUT2D eigenvalue weighted by Crippen LogP contribution is -2.35. The first kappa shape index (κ1) is 12.1. The molecule has 21 heavy (non-hydrogen) atoms. The number of carbonyl (C=O) groups is 1. The molecule has 2 heterocycles. The number of hydrogen-bond acceptors (Lipinski definition) is 4. The predicted octanol–water partition coefficient (Wildman–Crippen LogP) is 1.96. The maximum Gasteiger partial charge on any atom is 0.252 e. The monoisotopic (exact) mass is 281 g/mol. The van der Waals surface area contributed by atoms with Crippen LogP contribution < -0.4 is 10.6 Å². The number of para-hydroxylation sites is 1. The highest BCUT2D eigenvalue weighted by molar-refractivity contribution is 5.99. The minimum Gasteiger partial charge on any atom is -0.331 e. The van der Waals surface area contributed by atoms with E-state index >= 15 is 0 Å². The lowest BCUT2D eigenvalue weighted by molar-refractivity contribution is -0.120. The van der Waals surface area contributed by atoms with E-state index in [2.05, 4.69) is 20.7 Å². The van der Waals surface area contributed by atoms with Crippen LogP contribution in [0.5, 0.6) is 0 Å². The van der Waals surface area contributed by atoms with Gasteiger partial charge in [-0.25, -0.2) is 4.68 Å². The summed E-state index contributed by atoms with van der Waals surface area (Å²) in [5, 5.41) is 10.5. The Morgan fingerprint density at radius 1 is 1.29 bits per heavy atom. The van der Waals surface area contributed by atoms with Crippen LogP contribution in [0.15, 0.2) is 41.5 Å². The lowest BCUT2D eigenvalue weighted by atomic mass is 10.2. The molecule has 1 aliphatic heterocycles. The average molecular weight is 281 g/mol. The Bertz CT molecular complexity index is 715. The molecule has 6 heteroatoms. The summed E-state index contributed by atoms with van der Waals surface area (Å²) in [6.07, 6.45) is 5.05. The Morgan fingerprint density at radius 3 is 2.86 bits per heavy atom. The highest BCUT2D eigenvalue weighted by atomic mass is 16.2. The van der Waals surface area contributed by atoms with Gasteiger partial charge >= 0.3 is 0 Å². The topological polar surface area (TPSA) is 71.3 Å². The zero-order chi connectivity index (χ0) is 14.3. The molecule has 2 aliphatic rings. The van der Waals surface area contributed by atoms with Crippen molar-refractivity contribution in [3.63, 3.8) is 0 Å². The van der Waals surface area contributed by atoms with Crippen molar-refractivity contribution < 1.29 is 4.79 Å². The van der Waals surface area contributed by atoms with E-state index < -0.39 is 5.54 Å². The van der Waals surface area contributed by atoms with Gasteiger partial charge in [0.2, 0.25) is 0 Å². The first-order valence-electron chi connectivity index (χ1n) is 6.98. The van der Waals surface area contributed by atoms with E-state index in [0.717, 1.165) is 29.9 Å². The van der Waals surface area contributed by atoms with Crippen LogP contribution in [0.2, 0.25) is 0 Å². The van der Waals surface area contributed by atoms with Crippen molar-refractivity contribution in [1.29, 1.82) is 0 Å². The number of hydrogen-bond donors (Lipinski definition) is 2. The molecule has 0 bridgehead atoms. The summed E-state index contributed by atoms with van der Waals surface area (Å²) >= 11 is 0. The van der Waals surface area contributed by atoms with Gasteiger partial charge in [-0.05, 0) is 25.0 Å². The van der Waals surface area contributed by atoms with Gasteiger partial charge in [-0.15, -0.1) is 0 Å². The standard InChI is InChI=1S/C15H15N5O/c21-14(19-12-4-2-1-3-5-12)15(6-7-15)20-13-11(9-18-20)8-16-10-17-13/h1-5,9-10H,6-8H2,(H,16,17)(H,19,21). The molecule has 1 amide bonds. The van der Waals surface area contributed by atoms with Crippen molar-refractivity contribution in [3.8, 4) is 0 Å². The van der Waals surface area contributed by atoms with E-state index in [1.165, 1.54) is 0 Å². The summed E-state index contributed by atoms with van der Waals surface area (Å²) in [4.78, 5) is 16.8. The fourth-order valence-electron chi connectivity index (χ4n) is 2.65. The number of nitrogens with one attached hydrogen (secondary N) is 2. The van der Waals surface area contributed by atoms with E-state index in [-0.39, 0.29) is 5.91 Å². The summed E-state index contributed by atoms with van der Waals surface area (Å²) in [6.45, 7) is 0.610. The number of aromatic nitrogens is 2. The summed E-state index contributed by atoms with van der Waals surface area (Å²) in [5.41, 5.74) is 1.27. The Balaban J connectivity index is 1.63. The zero-order valence-electron chi connectivity index (χ0n) is 11.4. The molecule has 6 nitrogen and oxygen atoms in total. The van der Waals surface area contributed by atoms with Crippen molar-refractivity contribution in [3.05, 3.63) is 42.1 Å². The first-order valence-corrected chi connectivity index (χ1v) is 6.98. The number of nitrogens with zero attached hydrogens (tertiary/aromatic N) is 3. The third-order valence-corrected chi connectivity index (χ3v) is 3.98. The van der Waals surface area contributed by atoms with Crippen LogP contribution in [0.1, 0.15) is 18.4 Å². The zero-order valence-corrected chi connectivity index (χ0v) is 11.4. The second kappa shape index (κ2) is 4.44. The van der Waals surface area contributed by atoms with E-state index in [9.17, 15) is 4.79 Å². The summed E-state index contributed by atoms with van der Waals surface area (Å²) in [7, 11) is 0. The highest BCUT2D eigenvalue weighted by Crippen LogP contribution is 2.46. The van der Waals surface area contributed by atoms with Crippen LogP contribution in [-0.2, 0) is 16.9 Å². The summed E-state index contributed by atoms with van der Waals surface area (Å²) < 4.78 is 1.81. The molecule has 0 saturated heterocycles. The molecule has 1 saturated carbocycles. The van der Waals surface area contributed by atoms with E-state index in [4.69, 9.17) is 0 Å². The quantitative estimate of drug-likeness (QED) is 0.903. The van der Waals surface area contributed by atoms with Gasteiger partial charge in [0.05, 0.1) is 19.1 Å². The number of carbonyl (C=O) groups excluding carboxylic acids is 1. The molecular weight excluding hydrogens is 266 g/mol. The van der Waals surface area contributed by atoms with Gasteiger partial charge in [-0.1, -0.05) is 18.2 Å². The maximum absolute atomic E-state index is 12.6. The van der Waals surface area contributed by atoms with Crippen LogP contribution in [0.3, 0.4) is 0 Å². The van der Waals surface area contributed by atoms with Crippen LogP contribution >= 0.6 is 0 Å². The fourth-order valence-corrected chi connectivity index (χ4v) is 2.65. The Labute approximate surface area is 121 Å². The second-order valence-corrected chi connectivity index (χ2v) is 5.40. The van der Waals surface area contributed by atoms with Crippen molar-refractivity contribution in [2.45, 2.75) is 24.9 Å². The van der Waals surface area contributed by atoms with Crippen LogP contribution in [-0.4, -0.2) is 22.0 Å². The van der Waals surface area contributed by atoms with Gasteiger partial charge in [0.25, 0.3) is 5.91 Å². The molecule has 1 aromatic heterocycles. The van der Waals surface area contributed by atoms with E-state index in [0.29, 0.717) is 6.54 Å². The minimum atomic E-state index is -0.568. The Morgan fingerprint density at radius 2 is 2.10 bits per heavy atom. The van der Waals surface area contributed by atoms with Crippen molar-refractivity contribution in [1.82, 2.24) is 9.78 Å². The molecule has 1 fully saturated rings. The Kier molecular flexibility index (Phi) is 2.57. The molecule has 0 atom stereocenters. The SMILES string of the molecule is O=C(Nc1ccccc1)C1(n2ncc3c2NC=NC3)CC1. The third-order valence-electron chi connectivity index (χ3n) is 3.98. The van der Waals surface area contributed by atoms with Gasteiger partial charge in [0.1, 0.15) is 11.4 Å². The molecule has 1 aromatic carbocycles. The lowest BCUT2D eigenvalue weighted by Gasteiger charge is -2.20. The summed E-state index contributed by atoms with van der Waals surface area (Å²) in [6, 6.07) is 9.51. The Hall–Kier alpha value is -2.63. The second-order valence-electron chi connectivity index (χ2n) is 5.40. The van der Waals surface area contributed by atoms with Gasteiger partial charge in [0, 0.05) is 11.3 Å². The molecule has 0 radical (unpaired) electrons. The predicted molar refractivity (Wildman–Crippen MR) is 80.3 cm³/mol. The van der Waals surface area contributed by atoms with Crippen molar-refractivity contribution >= 4 is 23.8 Å². The van der Waals surface area contributed by atoms with Gasteiger partial charge < -0.3 is 10.6 Å². The number of benzene rings is 1. The minimum absolute atomic E-state index is 0.0103. The smallest absolute Gasteiger partial charge is 0.252 e. The van der Waals surface area contributed by atoms with Gasteiger partial charge in [-0.2, -0.15) is 5.10 Å². The molecule has 2 aromatic rings. The highest BCUT2D eigenvalue weighted by Gasteiger charge is 2.54. The van der Waals surface area contributed by atoms with Gasteiger partial charge in [-0.3, -0.25) is 9.79 Å². The molecule has 0 unspecified atom stereocenters. The van der Waals surface area contributed by atoms with Gasteiger partial charge in [0.15, 0.2) is 0 Å². The molecule has 2 N–H and O–H groups in total. The summed E-state index contributed by atoms with van der Waals surface area (Å²) in [5.74, 6) is 0.870. The van der Waals surface area contributed by atoms with E-state index in [1.54, 1.807) is 12.5 Å². The molecule has 4 rings (SSSR count). The van der Waals surface area contributed by atoms with Crippen molar-refractivity contribution in [2.75, 3.05) is 10.6 Å². The van der Waals surface area contributed by atoms with E-state index in [1.807, 2.05) is 35.0 Å². The number of fused-ring (bicyclic) bond motifs is 1. The number of amides is 1. The molecule has 1 aliphatic carbocycles. The largest absolute Gasteiger partial charge is 0.331 e. The van der Waals surface area contributed by atoms with Crippen LogP contribution in [0.4, 0.5) is 11.5 Å². The molecular formula is C15H15N5O. The number of rotatable bonds is 3. The third kappa shape index (κ3) is 1.91. The van der Waals surface area contributed by atoms with Crippen LogP contribution in [0.25, 0.3) is 0 Å². The normalized spacial score (nSPS) is 17.7. The van der Waals surface area contributed by atoms with Crippen LogP contribution in [0, 0.1) is 0 Å². The number of aliphatic imine (C=N–C) groups is 1. The molecule has 106 valence electrons.